The fraction of sp³-hybridized carbons (Fsp3) is 0.846. The van der Waals surface area contributed by atoms with Gasteiger partial charge in [0.25, 0.3) is 0 Å². The Morgan fingerprint density at radius 2 is 1.88 bits per heavy atom. The molecule has 1 N–H and O–H groups in total. The fourth-order valence-corrected chi connectivity index (χ4v) is 2.53. The Kier molecular flexibility index (Phi) is 4.97. The van der Waals surface area contributed by atoms with Gasteiger partial charge in [0.2, 0.25) is 5.91 Å². The summed E-state index contributed by atoms with van der Waals surface area (Å²) in [5.41, 5.74) is 0. The standard InChI is InChI=1S/C13H23NO3/c1-4-7-14(9(2)3)12(15)10-5-6-11(8-10)13(16)17/h9-11H,4-8H2,1-3H3,(H,16,17). The molecule has 4 heteroatoms. The molecule has 2 atom stereocenters. The molecule has 0 radical (unpaired) electrons. The molecule has 1 rings (SSSR count). The number of carboxylic acid groups (broad SMARTS) is 1. The van der Waals surface area contributed by atoms with Crippen molar-refractivity contribution in [3.05, 3.63) is 0 Å². The van der Waals surface area contributed by atoms with Crippen molar-refractivity contribution >= 4 is 11.9 Å². The van der Waals surface area contributed by atoms with Crippen LogP contribution in [0.25, 0.3) is 0 Å². The van der Waals surface area contributed by atoms with Crippen LogP contribution in [0.4, 0.5) is 0 Å². The first-order valence-corrected chi connectivity index (χ1v) is 6.50. The van der Waals surface area contributed by atoms with Crippen molar-refractivity contribution in [2.45, 2.75) is 52.5 Å². The highest BCUT2D eigenvalue weighted by Gasteiger charge is 2.36. The van der Waals surface area contributed by atoms with Crippen molar-refractivity contribution in [2.75, 3.05) is 6.54 Å². The number of rotatable bonds is 5. The lowest BCUT2D eigenvalue weighted by atomic mass is 10.0. The van der Waals surface area contributed by atoms with Crippen molar-refractivity contribution < 1.29 is 14.7 Å². The van der Waals surface area contributed by atoms with Gasteiger partial charge in [-0.15, -0.1) is 0 Å². The maximum absolute atomic E-state index is 12.3. The third-order valence-corrected chi connectivity index (χ3v) is 3.50. The van der Waals surface area contributed by atoms with Gasteiger partial charge in [0.1, 0.15) is 0 Å². The highest BCUT2D eigenvalue weighted by Crippen LogP contribution is 2.32. The van der Waals surface area contributed by atoms with E-state index in [-0.39, 0.29) is 23.8 Å². The summed E-state index contributed by atoms with van der Waals surface area (Å²) in [6.45, 7) is 6.84. The van der Waals surface area contributed by atoms with Crippen molar-refractivity contribution in [3.8, 4) is 0 Å². The quantitative estimate of drug-likeness (QED) is 0.802. The molecule has 1 amide bonds. The summed E-state index contributed by atoms with van der Waals surface area (Å²) in [5, 5.41) is 8.94. The van der Waals surface area contributed by atoms with Crippen LogP contribution < -0.4 is 0 Å². The van der Waals surface area contributed by atoms with Crippen molar-refractivity contribution in [2.24, 2.45) is 11.8 Å². The Hall–Kier alpha value is -1.06. The van der Waals surface area contributed by atoms with Gasteiger partial charge in [-0.05, 0) is 39.5 Å². The first kappa shape index (κ1) is 14.0. The summed E-state index contributed by atoms with van der Waals surface area (Å²) in [4.78, 5) is 25.0. The Balaban J connectivity index is 2.60. The fourth-order valence-electron chi connectivity index (χ4n) is 2.53. The normalized spacial score (nSPS) is 24.0. The first-order chi connectivity index (χ1) is 7.97. The van der Waals surface area contributed by atoms with Gasteiger partial charge in [-0.1, -0.05) is 6.92 Å². The smallest absolute Gasteiger partial charge is 0.306 e. The first-order valence-electron chi connectivity index (χ1n) is 6.50. The van der Waals surface area contributed by atoms with E-state index in [0.717, 1.165) is 19.4 Å². The summed E-state index contributed by atoms with van der Waals surface area (Å²) in [5.74, 6) is -1.01. The molecule has 17 heavy (non-hydrogen) atoms. The van der Waals surface area contributed by atoms with Crippen LogP contribution in [-0.2, 0) is 9.59 Å². The molecule has 0 saturated heterocycles. The zero-order chi connectivity index (χ0) is 13.0. The molecule has 0 spiro atoms. The lowest BCUT2D eigenvalue weighted by Gasteiger charge is -2.29. The van der Waals surface area contributed by atoms with Crippen LogP contribution in [0.3, 0.4) is 0 Å². The molecule has 0 aromatic rings. The SMILES string of the molecule is CCCN(C(=O)C1CCC(C(=O)O)C1)C(C)C. The van der Waals surface area contributed by atoms with Crippen LogP contribution >= 0.6 is 0 Å². The topological polar surface area (TPSA) is 57.6 Å². The van der Waals surface area contributed by atoms with Gasteiger partial charge >= 0.3 is 5.97 Å². The van der Waals surface area contributed by atoms with E-state index in [0.29, 0.717) is 12.8 Å². The van der Waals surface area contributed by atoms with Gasteiger partial charge in [-0.2, -0.15) is 0 Å². The third kappa shape index (κ3) is 3.45. The van der Waals surface area contributed by atoms with Gasteiger partial charge in [0, 0.05) is 18.5 Å². The number of carbonyl (C=O) groups is 2. The van der Waals surface area contributed by atoms with E-state index in [4.69, 9.17) is 5.11 Å². The molecule has 0 aromatic heterocycles. The molecule has 1 fully saturated rings. The maximum atomic E-state index is 12.3. The predicted octanol–water partition coefficient (Wildman–Crippen LogP) is 2.13. The minimum atomic E-state index is -0.758. The lowest BCUT2D eigenvalue weighted by molar-refractivity contribution is -0.141. The van der Waals surface area contributed by atoms with Gasteiger partial charge in [-0.3, -0.25) is 9.59 Å². The Morgan fingerprint density at radius 3 is 2.29 bits per heavy atom. The van der Waals surface area contributed by atoms with Gasteiger partial charge in [-0.25, -0.2) is 0 Å². The highest BCUT2D eigenvalue weighted by atomic mass is 16.4. The molecule has 2 unspecified atom stereocenters. The second-order valence-electron chi connectivity index (χ2n) is 5.17. The molecule has 0 aromatic carbocycles. The van der Waals surface area contributed by atoms with Gasteiger partial charge in [0.05, 0.1) is 5.92 Å². The van der Waals surface area contributed by atoms with Crippen LogP contribution in [0.2, 0.25) is 0 Å². The Bertz CT molecular complexity index is 288. The summed E-state index contributed by atoms with van der Waals surface area (Å²) in [6.07, 6.45) is 2.83. The van der Waals surface area contributed by atoms with E-state index in [9.17, 15) is 9.59 Å². The highest BCUT2D eigenvalue weighted by molar-refractivity contribution is 5.81. The third-order valence-electron chi connectivity index (χ3n) is 3.50. The van der Waals surface area contributed by atoms with Crippen molar-refractivity contribution in [3.63, 3.8) is 0 Å². The molecular weight excluding hydrogens is 218 g/mol. The molecule has 98 valence electrons. The molecule has 0 aliphatic heterocycles. The number of aliphatic carboxylic acids is 1. The minimum absolute atomic E-state index is 0.0787. The second kappa shape index (κ2) is 6.03. The molecule has 1 aliphatic carbocycles. The van der Waals surface area contributed by atoms with Crippen LogP contribution in [0.5, 0.6) is 0 Å². The monoisotopic (exact) mass is 241 g/mol. The zero-order valence-corrected chi connectivity index (χ0v) is 11.0. The Morgan fingerprint density at radius 1 is 1.29 bits per heavy atom. The van der Waals surface area contributed by atoms with Crippen LogP contribution in [0.15, 0.2) is 0 Å². The van der Waals surface area contributed by atoms with E-state index in [1.165, 1.54) is 0 Å². The van der Waals surface area contributed by atoms with E-state index >= 15 is 0 Å². The van der Waals surface area contributed by atoms with Crippen LogP contribution in [0, 0.1) is 11.8 Å². The average molecular weight is 241 g/mol. The van der Waals surface area contributed by atoms with Crippen LogP contribution in [-0.4, -0.2) is 34.5 Å². The molecule has 4 nitrogen and oxygen atoms in total. The number of carboxylic acids is 1. The number of amides is 1. The summed E-state index contributed by atoms with van der Waals surface area (Å²) >= 11 is 0. The number of hydrogen-bond acceptors (Lipinski definition) is 2. The van der Waals surface area contributed by atoms with Crippen molar-refractivity contribution in [1.82, 2.24) is 4.90 Å². The van der Waals surface area contributed by atoms with E-state index in [1.807, 2.05) is 18.7 Å². The number of carbonyl (C=O) groups excluding carboxylic acids is 1. The number of nitrogens with zero attached hydrogens (tertiary/aromatic N) is 1. The Labute approximate surface area is 103 Å². The molecule has 1 saturated carbocycles. The lowest BCUT2D eigenvalue weighted by Crippen LogP contribution is -2.41. The maximum Gasteiger partial charge on any atom is 0.306 e. The average Bonchev–Trinajstić information content (AvgIpc) is 2.73. The summed E-state index contributed by atoms with van der Waals surface area (Å²) < 4.78 is 0. The second-order valence-corrected chi connectivity index (χ2v) is 5.17. The van der Waals surface area contributed by atoms with Gasteiger partial charge < -0.3 is 10.0 Å². The number of hydrogen-bond donors (Lipinski definition) is 1. The zero-order valence-electron chi connectivity index (χ0n) is 11.0. The summed E-state index contributed by atoms with van der Waals surface area (Å²) in [6, 6.07) is 0.200. The molecule has 0 heterocycles. The minimum Gasteiger partial charge on any atom is -0.481 e. The van der Waals surface area contributed by atoms with Gasteiger partial charge in [0.15, 0.2) is 0 Å². The molecular formula is C13H23NO3. The van der Waals surface area contributed by atoms with Crippen molar-refractivity contribution in [1.29, 1.82) is 0 Å². The predicted molar refractivity (Wildman–Crippen MR) is 65.6 cm³/mol. The van der Waals surface area contributed by atoms with E-state index in [1.54, 1.807) is 0 Å². The largest absolute Gasteiger partial charge is 0.481 e. The summed E-state index contributed by atoms with van der Waals surface area (Å²) in [7, 11) is 0. The van der Waals surface area contributed by atoms with Crippen LogP contribution in [0.1, 0.15) is 46.5 Å². The molecule has 0 bridgehead atoms. The van der Waals surface area contributed by atoms with E-state index in [2.05, 4.69) is 6.92 Å². The molecule has 1 aliphatic rings. The van der Waals surface area contributed by atoms with E-state index < -0.39 is 5.97 Å².